The van der Waals surface area contributed by atoms with E-state index in [1.54, 1.807) is 11.3 Å². The van der Waals surface area contributed by atoms with Gasteiger partial charge in [0.25, 0.3) is 5.56 Å². The van der Waals surface area contributed by atoms with Gasteiger partial charge in [0.15, 0.2) is 0 Å². The maximum absolute atomic E-state index is 12.9. The van der Waals surface area contributed by atoms with Crippen molar-refractivity contribution in [1.29, 1.82) is 0 Å². The Morgan fingerprint density at radius 1 is 1.21 bits per heavy atom. The summed E-state index contributed by atoms with van der Waals surface area (Å²) in [6, 6.07) is 6.53. The Hall–Kier alpha value is -2.67. The maximum atomic E-state index is 12.9. The Bertz CT molecular complexity index is 1250. The molecule has 174 valence electrons. The minimum Gasteiger partial charge on any atom is -0.368 e. The van der Waals surface area contributed by atoms with Gasteiger partial charge in [0.1, 0.15) is 10.7 Å². The number of anilines is 1. The molecule has 1 aliphatic carbocycles. The molecule has 0 bridgehead atoms. The molecule has 2 aliphatic rings. The number of aromatic amines is 1. The second-order valence-electron chi connectivity index (χ2n) is 9.70. The van der Waals surface area contributed by atoms with E-state index in [-0.39, 0.29) is 11.5 Å². The number of rotatable bonds is 4. The molecule has 1 N–H and O–H groups in total. The van der Waals surface area contributed by atoms with E-state index in [1.807, 2.05) is 4.90 Å². The fourth-order valence-electron chi connectivity index (χ4n) is 5.15. The van der Waals surface area contributed by atoms with Crippen LogP contribution in [-0.4, -0.2) is 47.0 Å². The number of nitrogens with one attached hydrogen (secondary N) is 1. The van der Waals surface area contributed by atoms with Crippen LogP contribution in [0.1, 0.15) is 47.2 Å². The van der Waals surface area contributed by atoms with Gasteiger partial charge >= 0.3 is 0 Å². The van der Waals surface area contributed by atoms with Crippen molar-refractivity contribution in [2.75, 3.05) is 31.1 Å². The zero-order valence-electron chi connectivity index (χ0n) is 19.7. The number of nitrogens with zero attached hydrogens (tertiary/aromatic N) is 3. The van der Waals surface area contributed by atoms with Crippen LogP contribution in [-0.2, 0) is 24.1 Å². The summed E-state index contributed by atoms with van der Waals surface area (Å²) in [7, 11) is 0. The third kappa shape index (κ3) is 4.43. The lowest BCUT2D eigenvalue weighted by Crippen LogP contribution is -2.49. The van der Waals surface area contributed by atoms with Crippen LogP contribution >= 0.6 is 11.3 Å². The quantitative estimate of drug-likeness (QED) is 0.634. The lowest BCUT2D eigenvalue weighted by atomic mass is 9.89. The van der Waals surface area contributed by atoms with Crippen molar-refractivity contribution >= 4 is 33.1 Å². The molecule has 1 aromatic carbocycles. The average Bonchev–Trinajstić information content (AvgIpc) is 3.17. The summed E-state index contributed by atoms with van der Waals surface area (Å²) >= 11 is 1.66. The number of thiophene rings is 1. The monoisotopic (exact) mass is 464 g/mol. The predicted molar refractivity (Wildman–Crippen MR) is 134 cm³/mol. The minimum atomic E-state index is -0.0448. The van der Waals surface area contributed by atoms with Gasteiger partial charge in [0.2, 0.25) is 5.91 Å². The topological polar surface area (TPSA) is 69.3 Å². The summed E-state index contributed by atoms with van der Waals surface area (Å²) in [6.45, 7) is 9.66. The van der Waals surface area contributed by atoms with Crippen molar-refractivity contribution in [1.82, 2.24) is 14.9 Å². The molecule has 1 amide bonds. The molecule has 3 aromatic rings. The van der Waals surface area contributed by atoms with Crippen LogP contribution in [0.4, 0.5) is 5.69 Å². The summed E-state index contributed by atoms with van der Waals surface area (Å²) in [5.74, 6) is 1.43. The second-order valence-corrected chi connectivity index (χ2v) is 10.8. The third-order valence-electron chi connectivity index (χ3n) is 7.13. The van der Waals surface area contributed by atoms with E-state index in [9.17, 15) is 9.59 Å². The van der Waals surface area contributed by atoms with E-state index >= 15 is 0 Å². The van der Waals surface area contributed by atoms with Gasteiger partial charge in [-0.3, -0.25) is 9.59 Å². The molecule has 5 rings (SSSR count). The second kappa shape index (κ2) is 8.93. The zero-order chi connectivity index (χ0) is 23.1. The standard InChI is InChI=1S/C26H32N4O2S/c1-16-4-6-18(3)20(14-16)29-10-12-30(13-11-29)23(31)9-8-22-27-25(32)24-19-7-5-17(2)15-21(19)33-26(24)28-22/h4,6,14,17H,5,7-13,15H2,1-3H3,(H,27,28,32)/t17-/m0/s1. The Kier molecular flexibility index (Phi) is 5.99. The van der Waals surface area contributed by atoms with Crippen LogP contribution in [0.15, 0.2) is 23.0 Å². The molecule has 1 aliphatic heterocycles. The van der Waals surface area contributed by atoms with Crippen LogP contribution in [0.3, 0.4) is 0 Å². The van der Waals surface area contributed by atoms with Crippen molar-refractivity contribution in [2.45, 2.75) is 52.9 Å². The number of aryl methyl sites for hydroxylation is 4. The SMILES string of the molecule is Cc1ccc(C)c(N2CCN(C(=O)CCc3nc4sc5c(c4c(=O)[nH]3)CC[C@H](C)C5)CC2)c1. The minimum absolute atomic E-state index is 0.0448. The summed E-state index contributed by atoms with van der Waals surface area (Å²) in [6.07, 6.45) is 3.98. The van der Waals surface area contributed by atoms with Gasteiger partial charge in [-0.25, -0.2) is 4.98 Å². The molecule has 1 saturated heterocycles. The number of hydrogen-bond acceptors (Lipinski definition) is 5. The van der Waals surface area contributed by atoms with E-state index in [0.29, 0.717) is 24.6 Å². The number of carbonyl (C=O) groups excluding carboxylic acids is 1. The van der Waals surface area contributed by atoms with Gasteiger partial charge in [0, 0.05) is 49.6 Å². The summed E-state index contributed by atoms with van der Waals surface area (Å²) in [4.78, 5) is 39.8. The predicted octanol–water partition coefficient (Wildman–Crippen LogP) is 4.01. The van der Waals surface area contributed by atoms with E-state index in [4.69, 9.17) is 4.98 Å². The Balaban J connectivity index is 1.22. The lowest BCUT2D eigenvalue weighted by Gasteiger charge is -2.37. The van der Waals surface area contributed by atoms with Crippen molar-refractivity contribution in [3.05, 3.63) is 55.9 Å². The van der Waals surface area contributed by atoms with E-state index in [2.05, 4.69) is 48.9 Å². The molecule has 7 heteroatoms. The molecule has 0 spiro atoms. The number of H-pyrrole nitrogens is 1. The van der Waals surface area contributed by atoms with Gasteiger partial charge in [-0.05, 0) is 61.8 Å². The number of amides is 1. The maximum Gasteiger partial charge on any atom is 0.259 e. The largest absolute Gasteiger partial charge is 0.368 e. The molecular formula is C26H32N4O2S. The zero-order valence-corrected chi connectivity index (χ0v) is 20.6. The first-order chi connectivity index (χ1) is 15.9. The molecule has 6 nitrogen and oxygen atoms in total. The van der Waals surface area contributed by atoms with Crippen molar-refractivity contribution in [3.63, 3.8) is 0 Å². The van der Waals surface area contributed by atoms with Crippen LogP contribution in [0, 0.1) is 19.8 Å². The van der Waals surface area contributed by atoms with Crippen LogP contribution in [0.25, 0.3) is 10.2 Å². The molecule has 2 aromatic heterocycles. The number of aromatic nitrogens is 2. The normalized spacial score (nSPS) is 18.6. The fraction of sp³-hybridized carbons (Fsp3) is 0.500. The molecule has 1 fully saturated rings. The van der Waals surface area contributed by atoms with E-state index in [0.717, 1.165) is 55.7 Å². The summed E-state index contributed by atoms with van der Waals surface area (Å²) in [5, 5.41) is 0.777. The summed E-state index contributed by atoms with van der Waals surface area (Å²) in [5.41, 5.74) is 4.96. The molecule has 1 atom stereocenters. The molecule has 0 saturated carbocycles. The number of benzene rings is 1. The highest BCUT2D eigenvalue weighted by Crippen LogP contribution is 2.35. The van der Waals surface area contributed by atoms with E-state index < -0.39 is 0 Å². The van der Waals surface area contributed by atoms with Crippen LogP contribution in [0.2, 0.25) is 0 Å². The van der Waals surface area contributed by atoms with Crippen LogP contribution in [0.5, 0.6) is 0 Å². The van der Waals surface area contributed by atoms with Gasteiger partial charge in [-0.2, -0.15) is 0 Å². The van der Waals surface area contributed by atoms with Gasteiger partial charge in [-0.1, -0.05) is 19.1 Å². The number of fused-ring (bicyclic) bond motifs is 3. The molecule has 3 heterocycles. The third-order valence-corrected chi connectivity index (χ3v) is 8.28. The Morgan fingerprint density at radius 2 is 2.00 bits per heavy atom. The molecule has 0 unspecified atom stereocenters. The van der Waals surface area contributed by atoms with Crippen molar-refractivity contribution in [3.8, 4) is 0 Å². The molecule has 0 radical (unpaired) electrons. The Morgan fingerprint density at radius 3 is 2.79 bits per heavy atom. The summed E-state index contributed by atoms with van der Waals surface area (Å²) < 4.78 is 0. The van der Waals surface area contributed by atoms with Gasteiger partial charge in [0.05, 0.1) is 5.39 Å². The average molecular weight is 465 g/mol. The highest BCUT2D eigenvalue weighted by atomic mass is 32.1. The number of carbonyl (C=O) groups is 1. The van der Waals surface area contributed by atoms with Crippen molar-refractivity contribution in [2.24, 2.45) is 5.92 Å². The fourth-order valence-corrected chi connectivity index (χ4v) is 6.55. The highest BCUT2D eigenvalue weighted by Gasteiger charge is 2.24. The first-order valence-corrected chi connectivity index (χ1v) is 12.8. The van der Waals surface area contributed by atoms with Crippen LogP contribution < -0.4 is 10.5 Å². The van der Waals surface area contributed by atoms with Gasteiger partial charge < -0.3 is 14.8 Å². The first-order valence-electron chi connectivity index (χ1n) is 12.0. The molecule has 33 heavy (non-hydrogen) atoms. The molecular weight excluding hydrogens is 432 g/mol. The lowest BCUT2D eigenvalue weighted by molar-refractivity contribution is -0.131. The van der Waals surface area contributed by atoms with E-state index in [1.165, 1.54) is 27.3 Å². The highest BCUT2D eigenvalue weighted by molar-refractivity contribution is 7.18. The van der Waals surface area contributed by atoms with Gasteiger partial charge in [-0.15, -0.1) is 11.3 Å². The number of hydrogen-bond donors (Lipinski definition) is 1. The smallest absolute Gasteiger partial charge is 0.259 e. The Labute approximate surface area is 198 Å². The first kappa shape index (κ1) is 22.1. The number of piperazine rings is 1. The van der Waals surface area contributed by atoms with Crippen molar-refractivity contribution < 1.29 is 4.79 Å².